The Morgan fingerprint density at radius 1 is 0.800 bits per heavy atom. The molecular weight excluding hydrogens is 304 g/mol. The maximum absolute atomic E-state index is 10.4. The predicted octanol–water partition coefficient (Wildman–Crippen LogP) is 6.88. The summed E-state index contributed by atoms with van der Waals surface area (Å²) in [6, 6.07) is 7.90. The van der Waals surface area contributed by atoms with Crippen molar-refractivity contribution in [1.29, 1.82) is 0 Å². The lowest BCUT2D eigenvalue weighted by molar-refractivity contribution is 0.0728. The number of benzene rings is 1. The number of aromatic hydroxyl groups is 1. The number of rotatable bonds is 3. The topological polar surface area (TPSA) is 20.2 Å². The van der Waals surface area contributed by atoms with Gasteiger partial charge in [-0.3, -0.25) is 0 Å². The molecule has 1 heteroatoms. The van der Waals surface area contributed by atoms with Crippen molar-refractivity contribution in [3.8, 4) is 5.75 Å². The van der Waals surface area contributed by atoms with Gasteiger partial charge in [-0.15, -0.1) is 0 Å². The Morgan fingerprint density at radius 3 is 2.00 bits per heavy atom. The van der Waals surface area contributed by atoms with Gasteiger partial charge in [-0.2, -0.15) is 0 Å². The third-order valence-electron chi connectivity index (χ3n) is 7.18. The standard InChI is InChI=1S/C24H32O/c25-23-16-8-7-15-22(23)19-10-9-17-24(18-19,20-11-3-1-4-12-20)21-13-5-2-6-14-21/h7-10,15-17,20-21,25H,1-6,11-14,18H2. The molecular formula is C24H32O. The Labute approximate surface area is 152 Å². The Morgan fingerprint density at radius 2 is 1.40 bits per heavy atom. The van der Waals surface area contributed by atoms with E-state index in [2.05, 4.69) is 30.4 Å². The fourth-order valence-corrected chi connectivity index (χ4v) is 5.90. The van der Waals surface area contributed by atoms with Crippen molar-refractivity contribution in [2.45, 2.75) is 70.6 Å². The largest absolute Gasteiger partial charge is 0.507 e. The molecule has 1 aromatic carbocycles. The van der Waals surface area contributed by atoms with Crippen LogP contribution in [0.4, 0.5) is 0 Å². The van der Waals surface area contributed by atoms with E-state index in [1.807, 2.05) is 12.1 Å². The first kappa shape index (κ1) is 16.9. The van der Waals surface area contributed by atoms with Crippen molar-refractivity contribution < 1.29 is 5.11 Å². The molecule has 0 atom stereocenters. The Hall–Kier alpha value is -1.50. The van der Waals surface area contributed by atoms with Crippen molar-refractivity contribution in [3.05, 3.63) is 48.1 Å². The number of allylic oxidation sites excluding steroid dienone is 4. The van der Waals surface area contributed by atoms with Crippen molar-refractivity contribution in [2.75, 3.05) is 0 Å². The minimum absolute atomic E-state index is 0.327. The molecule has 1 N–H and O–H groups in total. The van der Waals surface area contributed by atoms with Crippen LogP contribution in [0.1, 0.15) is 76.2 Å². The van der Waals surface area contributed by atoms with Crippen LogP contribution in [0.3, 0.4) is 0 Å². The van der Waals surface area contributed by atoms with Gasteiger partial charge in [0.1, 0.15) is 5.75 Å². The van der Waals surface area contributed by atoms with E-state index in [-0.39, 0.29) is 0 Å². The zero-order valence-electron chi connectivity index (χ0n) is 15.4. The Kier molecular flexibility index (Phi) is 5.01. The van der Waals surface area contributed by atoms with E-state index in [9.17, 15) is 5.11 Å². The highest BCUT2D eigenvalue weighted by Gasteiger charge is 2.45. The van der Waals surface area contributed by atoms with Crippen LogP contribution in [-0.2, 0) is 0 Å². The summed E-state index contributed by atoms with van der Waals surface area (Å²) >= 11 is 0. The third-order valence-corrected chi connectivity index (χ3v) is 7.18. The van der Waals surface area contributed by atoms with Gasteiger partial charge >= 0.3 is 0 Å². The van der Waals surface area contributed by atoms with Crippen LogP contribution in [0.5, 0.6) is 5.75 Å². The molecule has 0 aliphatic heterocycles. The smallest absolute Gasteiger partial charge is 0.123 e. The molecule has 0 saturated heterocycles. The minimum atomic E-state index is 0.327. The van der Waals surface area contributed by atoms with Crippen LogP contribution in [0.2, 0.25) is 0 Å². The van der Waals surface area contributed by atoms with Gasteiger partial charge in [0.15, 0.2) is 0 Å². The molecule has 0 heterocycles. The summed E-state index contributed by atoms with van der Waals surface area (Å²) in [5.41, 5.74) is 2.72. The zero-order valence-corrected chi connectivity index (χ0v) is 15.4. The Bertz CT molecular complexity index is 624. The quantitative estimate of drug-likeness (QED) is 0.637. The first-order valence-electron chi connectivity index (χ1n) is 10.5. The zero-order chi connectivity index (χ0) is 17.1. The van der Waals surface area contributed by atoms with E-state index in [1.165, 1.54) is 69.8 Å². The van der Waals surface area contributed by atoms with E-state index in [4.69, 9.17) is 0 Å². The van der Waals surface area contributed by atoms with E-state index < -0.39 is 0 Å². The van der Waals surface area contributed by atoms with Crippen molar-refractivity contribution >= 4 is 5.57 Å². The highest BCUT2D eigenvalue weighted by molar-refractivity contribution is 5.73. The normalized spacial score (nSPS) is 24.9. The first-order chi connectivity index (χ1) is 12.3. The second kappa shape index (κ2) is 7.40. The molecule has 1 aromatic rings. The van der Waals surface area contributed by atoms with Crippen LogP contribution in [0, 0.1) is 17.3 Å². The lowest BCUT2D eigenvalue weighted by Crippen LogP contribution is -2.39. The van der Waals surface area contributed by atoms with Gasteiger partial charge in [-0.05, 0) is 61.0 Å². The van der Waals surface area contributed by atoms with E-state index in [1.54, 1.807) is 0 Å². The van der Waals surface area contributed by atoms with E-state index in [0.29, 0.717) is 11.2 Å². The molecule has 0 amide bonds. The lowest BCUT2D eigenvalue weighted by atomic mass is 9.55. The van der Waals surface area contributed by atoms with E-state index >= 15 is 0 Å². The van der Waals surface area contributed by atoms with Crippen molar-refractivity contribution in [3.63, 3.8) is 0 Å². The lowest BCUT2D eigenvalue weighted by Gasteiger charge is -2.49. The second-order valence-electron chi connectivity index (χ2n) is 8.53. The summed E-state index contributed by atoms with van der Waals surface area (Å²) in [6.45, 7) is 0. The summed E-state index contributed by atoms with van der Waals surface area (Å²) < 4.78 is 0. The van der Waals surface area contributed by atoms with Gasteiger partial charge in [0.2, 0.25) is 0 Å². The average Bonchev–Trinajstić information content (AvgIpc) is 2.70. The molecule has 134 valence electrons. The van der Waals surface area contributed by atoms with E-state index in [0.717, 1.165) is 23.8 Å². The van der Waals surface area contributed by atoms with Crippen LogP contribution in [0.25, 0.3) is 5.57 Å². The summed E-state index contributed by atoms with van der Waals surface area (Å²) in [6.07, 6.45) is 22.3. The molecule has 4 rings (SSSR count). The number of para-hydroxylation sites is 1. The fourth-order valence-electron chi connectivity index (χ4n) is 5.90. The molecule has 0 radical (unpaired) electrons. The number of hydrogen-bond acceptors (Lipinski definition) is 1. The Balaban J connectivity index is 1.68. The average molecular weight is 337 g/mol. The number of phenols is 1. The van der Waals surface area contributed by atoms with Crippen LogP contribution < -0.4 is 0 Å². The molecule has 0 bridgehead atoms. The SMILES string of the molecule is Oc1ccccc1C1=CC=CC(C2CCCCC2)(C2CCCCC2)C1. The van der Waals surface area contributed by atoms with Crippen LogP contribution in [-0.4, -0.2) is 5.11 Å². The molecule has 2 saturated carbocycles. The monoisotopic (exact) mass is 336 g/mol. The first-order valence-corrected chi connectivity index (χ1v) is 10.5. The summed E-state index contributed by atoms with van der Waals surface area (Å²) in [5.74, 6) is 2.09. The van der Waals surface area contributed by atoms with Gasteiger partial charge in [0.05, 0.1) is 0 Å². The molecule has 0 unspecified atom stereocenters. The number of hydrogen-bond donors (Lipinski definition) is 1. The van der Waals surface area contributed by atoms with Gasteiger partial charge in [0.25, 0.3) is 0 Å². The van der Waals surface area contributed by atoms with Crippen LogP contribution in [0.15, 0.2) is 42.5 Å². The highest BCUT2D eigenvalue weighted by Crippen LogP contribution is 2.55. The maximum atomic E-state index is 10.4. The number of phenolic OH excluding ortho intramolecular Hbond substituents is 1. The van der Waals surface area contributed by atoms with Crippen molar-refractivity contribution in [1.82, 2.24) is 0 Å². The molecule has 0 aromatic heterocycles. The van der Waals surface area contributed by atoms with Crippen LogP contribution >= 0.6 is 0 Å². The van der Waals surface area contributed by atoms with Gasteiger partial charge in [-0.1, -0.05) is 75.0 Å². The van der Waals surface area contributed by atoms with Gasteiger partial charge < -0.3 is 5.11 Å². The summed E-state index contributed by atoms with van der Waals surface area (Å²) in [7, 11) is 0. The molecule has 3 aliphatic carbocycles. The second-order valence-corrected chi connectivity index (χ2v) is 8.53. The third kappa shape index (κ3) is 3.30. The molecule has 0 spiro atoms. The molecule has 25 heavy (non-hydrogen) atoms. The van der Waals surface area contributed by atoms with Gasteiger partial charge in [-0.25, -0.2) is 0 Å². The minimum Gasteiger partial charge on any atom is -0.507 e. The summed E-state index contributed by atoms with van der Waals surface area (Å²) in [5, 5.41) is 10.4. The molecule has 3 aliphatic rings. The summed E-state index contributed by atoms with van der Waals surface area (Å²) in [4.78, 5) is 0. The fraction of sp³-hybridized carbons (Fsp3) is 0.583. The predicted molar refractivity (Wildman–Crippen MR) is 105 cm³/mol. The maximum Gasteiger partial charge on any atom is 0.123 e. The highest BCUT2D eigenvalue weighted by atomic mass is 16.3. The van der Waals surface area contributed by atoms with Crippen molar-refractivity contribution in [2.24, 2.45) is 17.3 Å². The molecule has 2 fully saturated rings. The van der Waals surface area contributed by atoms with Gasteiger partial charge in [0, 0.05) is 5.56 Å². The molecule has 1 nitrogen and oxygen atoms in total.